The molecule has 1 unspecified atom stereocenters. The van der Waals surface area contributed by atoms with Crippen LogP contribution < -0.4 is 0 Å². The van der Waals surface area contributed by atoms with Crippen LogP contribution in [0.1, 0.15) is 29.8 Å². The molecule has 0 amide bonds. The number of benzene rings is 2. The highest BCUT2D eigenvalue weighted by Crippen LogP contribution is 2.41. The maximum atomic E-state index is 12.7. The molecule has 0 fully saturated rings. The van der Waals surface area contributed by atoms with E-state index < -0.39 is 5.60 Å². The van der Waals surface area contributed by atoms with E-state index in [2.05, 4.69) is 4.90 Å². The van der Waals surface area contributed by atoms with Gasteiger partial charge in [-0.2, -0.15) is 0 Å². The summed E-state index contributed by atoms with van der Waals surface area (Å²) < 4.78 is 0. The minimum atomic E-state index is -1.41. The van der Waals surface area contributed by atoms with E-state index in [1.165, 1.54) is 0 Å². The van der Waals surface area contributed by atoms with Gasteiger partial charge in [0.2, 0.25) is 5.78 Å². The van der Waals surface area contributed by atoms with E-state index in [4.69, 9.17) is 0 Å². The Labute approximate surface area is 118 Å². The number of ketones is 1. The maximum Gasteiger partial charge on any atom is 0.200 e. The Hall–Kier alpha value is -1.71. The second-order valence-corrected chi connectivity index (χ2v) is 5.36. The molecule has 2 aromatic rings. The van der Waals surface area contributed by atoms with Gasteiger partial charge in [-0.25, -0.2) is 0 Å². The number of carbonyl (C=O) groups excluding carboxylic acids is 1. The molecule has 20 heavy (non-hydrogen) atoms. The van der Waals surface area contributed by atoms with Gasteiger partial charge in [0, 0.05) is 17.7 Å². The molecule has 3 rings (SSSR count). The zero-order valence-corrected chi connectivity index (χ0v) is 11.9. The number of hydrogen-bond donors (Lipinski definition) is 1. The molecule has 1 N–H and O–H groups in total. The Morgan fingerprint density at radius 1 is 1.10 bits per heavy atom. The largest absolute Gasteiger partial charge is 0.376 e. The number of aliphatic hydroxyl groups is 1. The number of likely N-dealkylation sites (N-methyl/N-ethyl adjacent to an activating group) is 1. The summed E-state index contributed by atoms with van der Waals surface area (Å²) in [6, 6.07) is 11.4. The average Bonchev–Trinajstić information content (AvgIpc) is 2.70. The van der Waals surface area contributed by atoms with Gasteiger partial charge in [-0.1, -0.05) is 50.2 Å². The van der Waals surface area contributed by atoms with E-state index in [-0.39, 0.29) is 5.78 Å². The predicted molar refractivity (Wildman–Crippen MR) is 80.0 cm³/mol. The fraction of sp³-hybridized carbons (Fsp3) is 0.353. The Morgan fingerprint density at radius 3 is 2.40 bits per heavy atom. The fourth-order valence-electron chi connectivity index (χ4n) is 3.15. The minimum Gasteiger partial charge on any atom is -0.376 e. The Morgan fingerprint density at radius 2 is 1.75 bits per heavy atom. The molecule has 0 saturated heterocycles. The van der Waals surface area contributed by atoms with E-state index in [9.17, 15) is 9.90 Å². The van der Waals surface area contributed by atoms with Gasteiger partial charge in [-0.05, 0) is 23.9 Å². The molecule has 0 radical (unpaired) electrons. The number of rotatable bonds is 4. The predicted octanol–water partition coefficient (Wildman–Crippen LogP) is 2.57. The van der Waals surface area contributed by atoms with Gasteiger partial charge in [-0.3, -0.25) is 4.79 Å². The topological polar surface area (TPSA) is 40.5 Å². The van der Waals surface area contributed by atoms with Gasteiger partial charge in [0.05, 0.1) is 0 Å². The van der Waals surface area contributed by atoms with Crippen molar-refractivity contribution in [1.82, 2.24) is 4.90 Å². The van der Waals surface area contributed by atoms with Crippen molar-refractivity contribution >= 4 is 16.6 Å². The summed E-state index contributed by atoms with van der Waals surface area (Å²) in [6.07, 6.45) is 0. The SMILES string of the molecule is CCN(CC)CC1(O)C(=O)c2cccc3cccc1c23. The standard InChI is InChI=1S/C17H19NO2/c1-3-18(4-2)11-17(20)14-10-6-8-12-7-5-9-13(15(12)14)16(17)19/h5-10,20H,3-4,11H2,1-2H3. The summed E-state index contributed by atoms with van der Waals surface area (Å²) in [5.41, 5.74) is -0.00914. The summed E-state index contributed by atoms with van der Waals surface area (Å²) in [5.74, 6) is -0.170. The van der Waals surface area contributed by atoms with Crippen LogP contribution >= 0.6 is 0 Å². The molecule has 3 nitrogen and oxygen atoms in total. The zero-order valence-electron chi connectivity index (χ0n) is 11.9. The van der Waals surface area contributed by atoms with Gasteiger partial charge in [0.1, 0.15) is 0 Å². The molecule has 3 heteroatoms. The lowest BCUT2D eigenvalue weighted by Crippen LogP contribution is -2.44. The van der Waals surface area contributed by atoms with E-state index >= 15 is 0 Å². The summed E-state index contributed by atoms with van der Waals surface area (Å²) in [7, 11) is 0. The second-order valence-electron chi connectivity index (χ2n) is 5.36. The van der Waals surface area contributed by atoms with Gasteiger partial charge >= 0.3 is 0 Å². The molecule has 104 valence electrons. The number of carbonyl (C=O) groups is 1. The Balaban J connectivity index is 2.17. The molecule has 0 saturated carbocycles. The van der Waals surface area contributed by atoms with Crippen LogP contribution in [-0.4, -0.2) is 35.4 Å². The first-order chi connectivity index (χ1) is 9.61. The lowest BCUT2D eigenvalue weighted by Gasteiger charge is -2.29. The Bertz CT molecular complexity index is 670. The minimum absolute atomic E-state index is 0.170. The molecule has 0 aliphatic heterocycles. The third kappa shape index (κ3) is 1.70. The highest BCUT2D eigenvalue weighted by atomic mass is 16.3. The number of nitrogens with zero attached hydrogens (tertiary/aromatic N) is 1. The number of Topliss-reactive ketones (excluding diaryl/α,β-unsaturated/α-hetero) is 1. The molecular weight excluding hydrogens is 250 g/mol. The molecule has 1 atom stereocenters. The third-order valence-electron chi connectivity index (χ3n) is 4.32. The normalized spacial score (nSPS) is 21.1. The first kappa shape index (κ1) is 13.3. The quantitative estimate of drug-likeness (QED) is 0.927. The van der Waals surface area contributed by atoms with Crippen molar-refractivity contribution in [3.05, 3.63) is 47.5 Å². The van der Waals surface area contributed by atoms with Crippen LogP contribution in [0.25, 0.3) is 10.8 Å². The van der Waals surface area contributed by atoms with Crippen molar-refractivity contribution in [1.29, 1.82) is 0 Å². The van der Waals surface area contributed by atoms with Crippen molar-refractivity contribution in [3.8, 4) is 0 Å². The van der Waals surface area contributed by atoms with Crippen molar-refractivity contribution < 1.29 is 9.90 Å². The first-order valence-electron chi connectivity index (χ1n) is 7.13. The fourth-order valence-corrected chi connectivity index (χ4v) is 3.15. The van der Waals surface area contributed by atoms with Crippen LogP contribution in [0.15, 0.2) is 36.4 Å². The average molecular weight is 269 g/mol. The monoisotopic (exact) mass is 269 g/mol. The van der Waals surface area contributed by atoms with Crippen LogP contribution in [0.5, 0.6) is 0 Å². The lowest BCUT2D eigenvalue weighted by atomic mass is 9.93. The molecular formula is C17H19NO2. The molecule has 0 aromatic heterocycles. The van der Waals surface area contributed by atoms with Crippen LogP contribution in [0, 0.1) is 0 Å². The molecule has 1 aliphatic carbocycles. The summed E-state index contributed by atoms with van der Waals surface area (Å²) in [5, 5.41) is 13.0. The molecule has 0 spiro atoms. The maximum absolute atomic E-state index is 12.7. The number of hydrogen-bond acceptors (Lipinski definition) is 3. The lowest BCUT2D eigenvalue weighted by molar-refractivity contribution is 0.0131. The van der Waals surface area contributed by atoms with Gasteiger partial charge in [0.15, 0.2) is 5.60 Å². The Kier molecular flexibility index (Phi) is 3.11. The van der Waals surface area contributed by atoms with Crippen LogP contribution in [0.2, 0.25) is 0 Å². The summed E-state index contributed by atoms with van der Waals surface area (Å²) in [4.78, 5) is 14.8. The first-order valence-corrected chi connectivity index (χ1v) is 7.13. The summed E-state index contributed by atoms with van der Waals surface area (Å²) in [6.45, 7) is 6.07. The smallest absolute Gasteiger partial charge is 0.200 e. The van der Waals surface area contributed by atoms with Crippen molar-refractivity contribution in [2.24, 2.45) is 0 Å². The zero-order chi connectivity index (χ0) is 14.3. The van der Waals surface area contributed by atoms with Gasteiger partial charge in [-0.15, -0.1) is 0 Å². The van der Waals surface area contributed by atoms with Crippen molar-refractivity contribution in [2.45, 2.75) is 19.4 Å². The van der Waals surface area contributed by atoms with Crippen molar-refractivity contribution in [3.63, 3.8) is 0 Å². The van der Waals surface area contributed by atoms with Crippen LogP contribution in [-0.2, 0) is 5.60 Å². The highest BCUT2D eigenvalue weighted by molar-refractivity contribution is 6.19. The van der Waals surface area contributed by atoms with Crippen LogP contribution in [0.3, 0.4) is 0 Å². The van der Waals surface area contributed by atoms with Crippen molar-refractivity contribution in [2.75, 3.05) is 19.6 Å². The van der Waals surface area contributed by atoms with E-state index in [0.717, 1.165) is 29.4 Å². The second kappa shape index (κ2) is 4.69. The third-order valence-corrected chi connectivity index (χ3v) is 4.32. The van der Waals surface area contributed by atoms with Crippen LogP contribution in [0.4, 0.5) is 0 Å². The molecule has 1 aliphatic rings. The molecule has 0 bridgehead atoms. The van der Waals surface area contributed by atoms with Gasteiger partial charge < -0.3 is 10.0 Å². The highest BCUT2D eigenvalue weighted by Gasteiger charge is 2.46. The van der Waals surface area contributed by atoms with E-state index in [1.54, 1.807) is 0 Å². The van der Waals surface area contributed by atoms with E-state index in [1.807, 2.05) is 50.2 Å². The summed E-state index contributed by atoms with van der Waals surface area (Å²) >= 11 is 0. The van der Waals surface area contributed by atoms with E-state index in [0.29, 0.717) is 12.1 Å². The molecule has 0 heterocycles. The molecule has 2 aromatic carbocycles. The van der Waals surface area contributed by atoms with Gasteiger partial charge in [0.25, 0.3) is 0 Å².